The third-order valence-electron chi connectivity index (χ3n) is 6.03. The molecule has 9 heteroatoms. The summed E-state index contributed by atoms with van der Waals surface area (Å²) in [4.78, 5) is 21.0. The van der Waals surface area contributed by atoms with E-state index in [1.165, 1.54) is 4.31 Å². The lowest BCUT2D eigenvalue weighted by atomic mass is 9.98. The minimum atomic E-state index is -3.49. The molecular weight excluding hydrogens is 426 g/mol. The molecular formula is C23H23N5O3S. The highest BCUT2D eigenvalue weighted by molar-refractivity contribution is 7.89. The fourth-order valence-corrected chi connectivity index (χ4v) is 5.34. The molecule has 0 saturated heterocycles. The SMILES string of the molecule is CN(C1CC1)S(=O)(=O)c1ccc(-c2cnc(N)c(-c3cc4c(cn3)C(=O)NCC4)c2)cc1. The number of anilines is 1. The van der Waals surface area contributed by atoms with Crippen LogP contribution in [0.3, 0.4) is 0 Å². The highest BCUT2D eigenvalue weighted by Crippen LogP contribution is 2.33. The molecule has 32 heavy (non-hydrogen) atoms. The summed E-state index contributed by atoms with van der Waals surface area (Å²) in [6, 6.07) is 10.7. The number of benzene rings is 1. The zero-order valence-electron chi connectivity index (χ0n) is 17.6. The molecule has 1 fully saturated rings. The Kier molecular flexibility index (Phi) is 4.94. The first kappa shape index (κ1) is 20.6. The van der Waals surface area contributed by atoms with Crippen LogP contribution in [0.2, 0.25) is 0 Å². The number of nitrogen functional groups attached to an aromatic ring is 1. The normalized spacial score (nSPS) is 16.0. The van der Waals surface area contributed by atoms with Gasteiger partial charge in [0.15, 0.2) is 0 Å². The second kappa shape index (κ2) is 7.68. The molecule has 5 rings (SSSR count). The summed E-state index contributed by atoms with van der Waals surface area (Å²) in [6.45, 7) is 0.592. The Hall–Kier alpha value is -3.30. The molecule has 3 heterocycles. The van der Waals surface area contributed by atoms with Crippen molar-refractivity contribution in [3.63, 3.8) is 0 Å². The summed E-state index contributed by atoms with van der Waals surface area (Å²) in [5, 5.41) is 2.81. The van der Waals surface area contributed by atoms with Gasteiger partial charge in [0.2, 0.25) is 10.0 Å². The smallest absolute Gasteiger partial charge is 0.253 e. The van der Waals surface area contributed by atoms with Crippen LogP contribution in [-0.2, 0) is 16.4 Å². The molecule has 0 bridgehead atoms. The van der Waals surface area contributed by atoms with E-state index in [2.05, 4.69) is 15.3 Å². The molecule has 0 spiro atoms. The summed E-state index contributed by atoms with van der Waals surface area (Å²) in [6.07, 6.45) is 5.78. The highest BCUT2D eigenvalue weighted by atomic mass is 32.2. The number of sulfonamides is 1. The van der Waals surface area contributed by atoms with Crippen LogP contribution in [0.5, 0.6) is 0 Å². The fourth-order valence-electron chi connectivity index (χ4n) is 3.92. The Balaban J connectivity index is 1.47. The molecule has 3 aromatic rings. The molecule has 1 amide bonds. The number of carbonyl (C=O) groups excluding carboxylic acids is 1. The number of nitrogens with zero attached hydrogens (tertiary/aromatic N) is 3. The van der Waals surface area contributed by atoms with E-state index in [9.17, 15) is 13.2 Å². The third kappa shape index (κ3) is 3.63. The molecule has 1 aliphatic heterocycles. The van der Waals surface area contributed by atoms with E-state index in [1.54, 1.807) is 43.7 Å². The van der Waals surface area contributed by atoms with Crippen LogP contribution in [0.15, 0.2) is 53.7 Å². The largest absolute Gasteiger partial charge is 0.383 e. The summed E-state index contributed by atoms with van der Waals surface area (Å²) in [5.74, 6) is 0.222. The zero-order valence-corrected chi connectivity index (χ0v) is 18.4. The van der Waals surface area contributed by atoms with Gasteiger partial charge in [-0.1, -0.05) is 12.1 Å². The molecule has 1 aliphatic carbocycles. The van der Waals surface area contributed by atoms with E-state index in [1.807, 2.05) is 12.1 Å². The van der Waals surface area contributed by atoms with Crippen LogP contribution in [-0.4, -0.2) is 48.2 Å². The van der Waals surface area contributed by atoms with Crippen molar-refractivity contribution in [2.24, 2.45) is 0 Å². The first-order valence-corrected chi connectivity index (χ1v) is 11.9. The van der Waals surface area contributed by atoms with Crippen LogP contribution < -0.4 is 11.1 Å². The third-order valence-corrected chi connectivity index (χ3v) is 7.96. The van der Waals surface area contributed by atoms with Gasteiger partial charge in [0.25, 0.3) is 5.91 Å². The van der Waals surface area contributed by atoms with Crippen molar-refractivity contribution in [3.05, 3.63) is 59.9 Å². The van der Waals surface area contributed by atoms with E-state index in [0.29, 0.717) is 29.2 Å². The first-order valence-electron chi connectivity index (χ1n) is 10.5. The van der Waals surface area contributed by atoms with E-state index in [4.69, 9.17) is 5.73 Å². The van der Waals surface area contributed by atoms with Crippen molar-refractivity contribution >= 4 is 21.7 Å². The highest BCUT2D eigenvalue weighted by Gasteiger charge is 2.34. The van der Waals surface area contributed by atoms with Crippen LogP contribution in [0.4, 0.5) is 5.82 Å². The van der Waals surface area contributed by atoms with Crippen molar-refractivity contribution in [1.82, 2.24) is 19.6 Å². The van der Waals surface area contributed by atoms with Gasteiger partial charge in [-0.15, -0.1) is 0 Å². The van der Waals surface area contributed by atoms with Crippen LogP contribution >= 0.6 is 0 Å². The van der Waals surface area contributed by atoms with Crippen molar-refractivity contribution in [3.8, 4) is 22.4 Å². The Morgan fingerprint density at radius 2 is 1.78 bits per heavy atom. The van der Waals surface area contributed by atoms with Crippen LogP contribution in [0.1, 0.15) is 28.8 Å². The standard InChI is InChI=1S/C23H23N5O3S/c1-28(17-4-5-17)32(30,31)18-6-2-14(3-7-18)16-10-19(22(24)27-12-16)21-11-15-8-9-25-23(29)20(15)13-26-21/h2-3,6-7,10-13,17H,4-5,8-9H2,1H3,(H2,24,27)(H,25,29). The van der Waals surface area contributed by atoms with Gasteiger partial charge < -0.3 is 11.1 Å². The number of amides is 1. The molecule has 8 nitrogen and oxygen atoms in total. The number of pyridine rings is 2. The van der Waals surface area contributed by atoms with Crippen LogP contribution in [0.25, 0.3) is 22.4 Å². The van der Waals surface area contributed by atoms with E-state index < -0.39 is 10.0 Å². The maximum absolute atomic E-state index is 12.7. The molecule has 0 radical (unpaired) electrons. The zero-order chi connectivity index (χ0) is 22.5. The molecule has 1 saturated carbocycles. The van der Waals surface area contributed by atoms with Gasteiger partial charge in [-0.3, -0.25) is 9.78 Å². The predicted molar refractivity (Wildman–Crippen MR) is 121 cm³/mol. The summed E-state index contributed by atoms with van der Waals surface area (Å²) >= 11 is 0. The molecule has 1 aromatic carbocycles. The molecule has 164 valence electrons. The number of carbonyl (C=O) groups is 1. The lowest BCUT2D eigenvalue weighted by Crippen LogP contribution is -2.31. The van der Waals surface area contributed by atoms with Gasteiger partial charge in [0.05, 0.1) is 16.2 Å². The maximum Gasteiger partial charge on any atom is 0.253 e. The van der Waals surface area contributed by atoms with Gasteiger partial charge in [0.1, 0.15) is 5.82 Å². The number of fused-ring (bicyclic) bond motifs is 1. The number of aromatic nitrogens is 2. The molecule has 3 N–H and O–H groups in total. The predicted octanol–water partition coefficient (Wildman–Crippen LogP) is 2.46. The Labute approximate surface area is 186 Å². The van der Waals surface area contributed by atoms with Crippen molar-refractivity contribution in [2.75, 3.05) is 19.3 Å². The summed E-state index contributed by atoms with van der Waals surface area (Å²) < 4.78 is 26.9. The minimum absolute atomic E-state index is 0.110. The lowest BCUT2D eigenvalue weighted by Gasteiger charge is -2.17. The monoisotopic (exact) mass is 449 g/mol. The van der Waals surface area contributed by atoms with E-state index >= 15 is 0 Å². The van der Waals surface area contributed by atoms with Crippen LogP contribution in [0, 0.1) is 0 Å². The van der Waals surface area contributed by atoms with E-state index in [-0.39, 0.29) is 16.8 Å². The van der Waals surface area contributed by atoms with Gasteiger partial charge in [0, 0.05) is 43.2 Å². The second-order valence-electron chi connectivity index (χ2n) is 8.17. The van der Waals surface area contributed by atoms with Gasteiger partial charge in [-0.25, -0.2) is 13.4 Å². The average Bonchev–Trinajstić information content (AvgIpc) is 3.64. The number of nitrogens with two attached hydrogens (primary N) is 1. The average molecular weight is 450 g/mol. The topological polar surface area (TPSA) is 118 Å². The second-order valence-corrected chi connectivity index (χ2v) is 10.2. The number of rotatable bonds is 5. The molecule has 2 aromatic heterocycles. The quantitative estimate of drug-likeness (QED) is 0.618. The van der Waals surface area contributed by atoms with Gasteiger partial charge in [-0.05, 0) is 54.7 Å². The van der Waals surface area contributed by atoms with Crippen molar-refractivity contribution in [1.29, 1.82) is 0 Å². The number of hydrogen-bond donors (Lipinski definition) is 2. The minimum Gasteiger partial charge on any atom is -0.383 e. The maximum atomic E-state index is 12.7. The van der Waals surface area contributed by atoms with Gasteiger partial charge >= 0.3 is 0 Å². The van der Waals surface area contributed by atoms with Crippen molar-refractivity contribution < 1.29 is 13.2 Å². The molecule has 2 aliphatic rings. The first-order chi connectivity index (χ1) is 15.3. The molecule has 0 unspecified atom stereocenters. The Morgan fingerprint density at radius 3 is 2.50 bits per heavy atom. The van der Waals surface area contributed by atoms with Crippen molar-refractivity contribution in [2.45, 2.75) is 30.2 Å². The summed E-state index contributed by atoms with van der Waals surface area (Å²) in [5.41, 5.74) is 10.6. The summed E-state index contributed by atoms with van der Waals surface area (Å²) in [7, 11) is -1.86. The Morgan fingerprint density at radius 1 is 1.03 bits per heavy atom. The van der Waals surface area contributed by atoms with Gasteiger partial charge in [-0.2, -0.15) is 4.31 Å². The fraction of sp³-hybridized carbons (Fsp3) is 0.261. The van der Waals surface area contributed by atoms with E-state index in [0.717, 1.165) is 36.0 Å². The number of hydrogen-bond acceptors (Lipinski definition) is 6. The lowest BCUT2D eigenvalue weighted by molar-refractivity contribution is 0.0945. The molecule has 0 atom stereocenters. The number of nitrogens with one attached hydrogen (secondary N) is 1. The Bertz CT molecular complexity index is 1320.